The van der Waals surface area contributed by atoms with Crippen LogP contribution in [0.25, 0.3) is 0 Å². The van der Waals surface area contributed by atoms with Gasteiger partial charge in [-0.2, -0.15) is 0 Å². The normalized spacial score (nSPS) is 20.3. The van der Waals surface area contributed by atoms with E-state index in [0.717, 1.165) is 49.7 Å². The topological polar surface area (TPSA) is 74.5 Å². The van der Waals surface area contributed by atoms with Crippen molar-refractivity contribution < 1.29 is 9.32 Å². The molecule has 7 nitrogen and oxygen atoms in total. The van der Waals surface area contributed by atoms with E-state index in [-0.39, 0.29) is 12.1 Å². The number of urea groups is 1. The number of carbonyl (C=O) groups excluding carboxylic acids is 1. The maximum atomic E-state index is 12.7. The van der Waals surface area contributed by atoms with E-state index in [9.17, 15) is 4.79 Å². The van der Waals surface area contributed by atoms with Crippen LogP contribution in [0.5, 0.6) is 0 Å². The van der Waals surface area contributed by atoms with Crippen LogP contribution in [0.15, 0.2) is 28.9 Å². The molecule has 0 aromatic carbocycles. The molecule has 2 saturated heterocycles. The van der Waals surface area contributed by atoms with E-state index < -0.39 is 0 Å². The van der Waals surface area contributed by atoms with Gasteiger partial charge in [0.15, 0.2) is 5.76 Å². The third-order valence-electron chi connectivity index (χ3n) is 4.92. The fourth-order valence-corrected chi connectivity index (χ4v) is 3.63. The molecule has 1 N–H and O–H groups in total. The summed E-state index contributed by atoms with van der Waals surface area (Å²) >= 11 is 0. The SMILES string of the molecule is Cc1cc(C2CCCN2C(=O)Nc2ccc(N3CCCC3)nc2)on1. The van der Waals surface area contributed by atoms with Crippen molar-refractivity contribution in [3.05, 3.63) is 35.9 Å². The Balaban J connectivity index is 1.42. The van der Waals surface area contributed by atoms with Gasteiger partial charge in [-0.25, -0.2) is 9.78 Å². The number of amides is 2. The lowest BCUT2D eigenvalue weighted by Gasteiger charge is -2.23. The highest BCUT2D eigenvalue weighted by Gasteiger charge is 2.32. The molecule has 0 spiro atoms. The quantitative estimate of drug-likeness (QED) is 0.927. The molecular weight excluding hydrogens is 318 g/mol. The number of aromatic nitrogens is 2. The molecule has 2 fully saturated rings. The molecular formula is C18H23N5O2. The van der Waals surface area contributed by atoms with Crippen LogP contribution in [0.3, 0.4) is 0 Å². The Hall–Kier alpha value is -2.57. The number of likely N-dealkylation sites (tertiary alicyclic amines) is 1. The lowest BCUT2D eigenvalue weighted by atomic mass is 10.1. The lowest BCUT2D eigenvalue weighted by molar-refractivity contribution is 0.195. The average Bonchev–Trinajstić information content (AvgIpc) is 3.36. The Morgan fingerprint density at radius 3 is 2.76 bits per heavy atom. The van der Waals surface area contributed by atoms with E-state index in [4.69, 9.17) is 4.52 Å². The van der Waals surface area contributed by atoms with E-state index in [1.54, 1.807) is 6.20 Å². The van der Waals surface area contributed by atoms with E-state index in [0.29, 0.717) is 5.69 Å². The van der Waals surface area contributed by atoms with Crippen molar-refractivity contribution in [2.24, 2.45) is 0 Å². The summed E-state index contributed by atoms with van der Waals surface area (Å²) in [5.41, 5.74) is 1.55. The van der Waals surface area contributed by atoms with Crippen LogP contribution in [0.1, 0.15) is 43.2 Å². The highest BCUT2D eigenvalue weighted by Crippen LogP contribution is 2.32. The first-order valence-corrected chi connectivity index (χ1v) is 8.92. The Bertz CT molecular complexity index is 736. The summed E-state index contributed by atoms with van der Waals surface area (Å²) < 4.78 is 5.36. The van der Waals surface area contributed by atoms with Crippen LogP contribution in [0.4, 0.5) is 16.3 Å². The number of carbonyl (C=O) groups is 1. The smallest absolute Gasteiger partial charge is 0.322 e. The van der Waals surface area contributed by atoms with Crippen molar-refractivity contribution >= 4 is 17.5 Å². The van der Waals surface area contributed by atoms with Crippen LogP contribution >= 0.6 is 0 Å². The first-order chi connectivity index (χ1) is 12.2. The van der Waals surface area contributed by atoms with Crippen molar-refractivity contribution in [1.29, 1.82) is 0 Å². The largest absolute Gasteiger partial charge is 0.359 e. The lowest BCUT2D eigenvalue weighted by Crippen LogP contribution is -2.34. The van der Waals surface area contributed by atoms with Crippen molar-refractivity contribution in [2.45, 2.75) is 38.6 Å². The first-order valence-electron chi connectivity index (χ1n) is 8.92. The van der Waals surface area contributed by atoms with Gasteiger partial charge in [-0.3, -0.25) is 0 Å². The van der Waals surface area contributed by atoms with Gasteiger partial charge in [0.05, 0.1) is 23.6 Å². The fraction of sp³-hybridized carbons (Fsp3) is 0.500. The zero-order valence-electron chi connectivity index (χ0n) is 14.4. The summed E-state index contributed by atoms with van der Waals surface area (Å²) in [5, 5.41) is 6.89. The number of aryl methyl sites for hydroxylation is 1. The zero-order chi connectivity index (χ0) is 17.2. The Morgan fingerprint density at radius 2 is 2.08 bits per heavy atom. The molecule has 1 unspecified atom stereocenters. The van der Waals surface area contributed by atoms with Crippen LogP contribution in [0.2, 0.25) is 0 Å². The van der Waals surface area contributed by atoms with Crippen LogP contribution in [-0.4, -0.2) is 40.7 Å². The molecule has 0 radical (unpaired) electrons. The van der Waals surface area contributed by atoms with Crippen molar-refractivity contribution in [3.8, 4) is 0 Å². The summed E-state index contributed by atoms with van der Waals surface area (Å²) in [4.78, 5) is 21.2. The molecule has 2 amide bonds. The van der Waals surface area contributed by atoms with E-state index in [1.807, 2.05) is 30.0 Å². The average molecular weight is 341 g/mol. The molecule has 2 aliphatic rings. The maximum Gasteiger partial charge on any atom is 0.322 e. The zero-order valence-corrected chi connectivity index (χ0v) is 14.4. The molecule has 7 heteroatoms. The van der Waals surface area contributed by atoms with Crippen LogP contribution in [0, 0.1) is 6.92 Å². The van der Waals surface area contributed by atoms with Gasteiger partial charge >= 0.3 is 6.03 Å². The van der Waals surface area contributed by atoms with Crippen LogP contribution < -0.4 is 10.2 Å². The molecule has 2 aromatic rings. The number of hydrogen-bond donors (Lipinski definition) is 1. The van der Waals surface area contributed by atoms with Crippen molar-refractivity contribution in [1.82, 2.24) is 15.0 Å². The van der Waals surface area contributed by atoms with E-state index in [2.05, 4.69) is 20.4 Å². The van der Waals surface area contributed by atoms with Gasteiger partial charge in [0.2, 0.25) is 0 Å². The third-order valence-corrected chi connectivity index (χ3v) is 4.92. The second kappa shape index (κ2) is 6.74. The minimum atomic E-state index is -0.118. The summed E-state index contributed by atoms with van der Waals surface area (Å²) in [6, 6.07) is 5.64. The molecule has 132 valence electrons. The number of rotatable bonds is 3. The molecule has 2 aromatic heterocycles. The predicted molar refractivity (Wildman–Crippen MR) is 94.6 cm³/mol. The summed E-state index contributed by atoms with van der Waals surface area (Å²) in [7, 11) is 0. The van der Waals surface area contributed by atoms with Crippen molar-refractivity contribution in [2.75, 3.05) is 29.9 Å². The van der Waals surface area contributed by atoms with Gasteiger partial charge in [-0.05, 0) is 44.7 Å². The molecule has 0 aliphatic carbocycles. The van der Waals surface area contributed by atoms with Gasteiger partial charge in [0, 0.05) is 25.7 Å². The monoisotopic (exact) mass is 341 g/mol. The minimum Gasteiger partial charge on any atom is -0.359 e. The molecule has 0 saturated carbocycles. The van der Waals surface area contributed by atoms with Gasteiger partial charge in [0.1, 0.15) is 5.82 Å². The summed E-state index contributed by atoms with van der Waals surface area (Å²) in [5.74, 6) is 1.74. The molecule has 25 heavy (non-hydrogen) atoms. The van der Waals surface area contributed by atoms with E-state index >= 15 is 0 Å². The molecule has 1 atom stereocenters. The predicted octanol–water partition coefficient (Wildman–Crippen LogP) is 3.35. The highest BCUT2D eigenvalue weighted by atomic mass is 16.5. The highest BCUT2D eigenvalue weighted by molar-refractivity contribution is 5.89. The van der Waals surface area contributed by atoms with Gasteiger partial charge in [0.25, 0.3) is 0 Å². The number of nitrogens with zero attached hydrogens (tertiary/aromatic N) is 4. The van der Waals surface area contributed by atoms with Gasteiger partial charge < -0.3 is 19.6 Å². The molecule has 0 bridgehead atoms. The summed E-state index contributed by atoms with van der Waals surface area (Å²) in [6.07, 6.45) is 6.03. The first kappa shape index (κ1) is 15.9. The Kier molecular flexibility index (Phi) is 4.29. The second-order valence-corrected chi connectivity index (χ2v) is 6.75. The number of pyridine rings is 1. The number of nitrogens with one attached hydrogen (secondary N) is 1. The third kappa shape index (κ3) is 3.31. The Morgan fingerprint density at radius 1 is 1.24 bits per heavy atom. The van der Waals surface area contributed by atoms with Gasteiger partial charge in [-0.1, -0.05) is 5.16 Å². The van der Waals surface area contributed by atoms with E-state index in [1.165, 1.54) is 12.8 Å². The molecule has 4 rings (SSSR count). The minimum absolute atomic E-state index is 0.0435. The fourth-order valence-electron chi connectivity index (χ4n) is 3.63. The standard InChI is InChI=1S/C18H23N5O2/c1-13-11-16(25-21-13)15-5-4-10-23(15)18(24)20-14-6-7-17(19-12-14)22-8-2-3-9-22/h6-7,11-12,15H,2-5,8-10H2,1H3,(H,20,24). The summed E-state index contributed by atoms with van der Waals surface area (Å²) in [6.45, 7) is 4.73. The van der Waals surface area contributed by atoms with Crippen LogP contribution in [-0.2, 0) is 0 Å². The maximum absolute atomic E-state index is 12.7. The van der Waals surface area contributed by atoms with Crippen molar-refractivity contribution in [3.63, 3.8) is 0 Å². The second-order valence-electron chi connectivity index (χ2n) is 6.75. The number of anilines is 2. The molecule has 4 heterocycles. The molecule has 2 aliphatic heterocycles. The van der Waals surface area contributed by atoms with Gasteiger partial charge in [-0.15, -0.1) is 0 Å². The Labute approximate surface area is 147 Å². The number of hydrogen-bond acceptors (Lipinski definition) is 5.